The van der Waals surface area contributed by atoms with Gasteiger partial charge in [-0.05, 0) is 31.0 Å². The molecule has 0 radical (unpaired) electrons. The van der Waals surface area contributed by atoms with Gasteiger partial charge in [-0.25, -0.2) is 18.7 Å². The highest BCUT2D eigenvalue weighted by atomic mass is 32.2. The Kier molecular flexibility index (Phi) is 5.35. The number of hydrogen-bond donors (Lipinski definition) is 3. The fourth-order valence-corrected chi connectivity index (χ4v) is 4.49. The topological polar surface area (TPSA) is 120 Å². The summed E-state index contributed by atoms with van der Waals surface area (Å²) in [5, 5.41) is 2.14. The lowest BCUT2D eigenvalue weighted by atomic mass is 10.2. The van der Waals surface area contributed by atoms with Crippen molar-refractivity contribution in [3.8, 4) is 0 Å². The van der Waals surface area contributed by atoms with Crippen LogP contribution in [0.25, 0.3) is 11.2 Å². The van der Waals surface area contributed by atoms with E-state index in [-0.39, 0.29) is 5.56 Å². The van der Waals surface area contributed by atoms with Gasteiger partial charge in [0.15, 0.2) is 11.5 Å². The molecule has 2 aromatic heterocycles. The van der Waals surface area contributed by atoms with E-state index in [0.717, 1.165) is 18.6 Å². The van der Waals surface area contributed by atoms with E-state index in [1.165, 1.54) is 22.9 Å². The number of anilines is 2. The second-order valence-electron chi connectivity index (χ2n) is 6.80. The van der Waals surface area contributed by atoms with Crippen LogP contribution in [0.2, 0.25) is 0 Å². The first kappa shape index (κ1) is 20.2. The van der Waals surface area contributed by atoms with E-state index in [0.29, 0.717) is 37.1 Å². The molecule has 0 atom stereocenters. The number of piperidine rings is 1. The number of halogens is 2. The van der Waals surface area contributed by atoms with Gasteiger partial charge in [-0.1, -0.05) is 6.42 Å². The summed E-state index contributed by atoms with van der Waals surface area (Å²) in [7, 11) is -4.00. The number of rotatable bonds is 5. The molecule has 3 N–H and O–H groups in total. The zero-order valence-corrected chi connectivity index (χ0v) is 16.5. The zero-order chi connectivity index (χ0) is 21.3. The Labute approximate surface area is 170 Å². The monoisotopic (exact) mass is 436 g/mol. The minimum atomic E-state index is -4.00. The molecule has 158 valence electrons. The number of imidazole rings is 1. The van der Waals surface area contributed by atoms with E-state index in [1.54, 1.807) is 0 Å². The van der Waals surface area contributed by atoms with Crippen LogP contribution in [-0.2, 0) is 10.2 Å². The van der Waals surface area contributed by atoms with E-state index in [4.69, 9.17) is 0 Å². The Hall–Kier alpha value is -3.12. The number of aromatic nitrogens is 3. The average Bonchev–Trinajstić information content (AvgIpc) is 3.21. The van der Waals surface area contributed by atoms with Crippen molar-refractivity contribution < 1.29 is 22.0 Å². The lowest BCUT2D eigenvalue weighted by Gasteiger charge is -2.26. The molecule has 1 aromatic carbocycles. The smallest absolute Gasteiger partial charge is 0.301 e. The highest BCUT2D eigenvalue weighted by molar-refractivity contribution is 7.90. The van der Waals surface area contributed by atoms with E-state index in [9.17, 15) is 22.0 Å². The number of H-pyrrole nitrogens is 1. The summed E-state index contributed by atoms with van der Waals surface area (Å²) in [5.74, 6) is -3.09. The summed E-state index contributed by atoms with van der Waals surface area (Å²) in [4.78, 5) is 23.2. The number of nitrogens with zero attached hydrogens (tertiary/aromatic N) is 3. The summed E-state index contributed by atoms with van der Waals surface area (Å²) in [6.45, 7) is 0.648. The molecule has 4 rings (SSSR count). The van der Waals surface area contributed by atoms with E-state index in [2.05, 4.69) is 25.0 Å². The fourth-order valence-electron chi connectivity index (χ4n) is 3.19. The lowest BCUT2D eigenvalue weighted by Crippen LogP contribution is -2.39. The second kappa shape index (κ2) is 7.95. The molecule has 0 aliphatic carbocycles. The summed E-state index contributed by atoms with van der Waals surface area (Å²) in [6, 6.07) is 3.26. The van der Waals surface area contributed by atoms with Gasteiger partial charge in [-0.3, -0.25) is 9.52 Å². The van der Waals surface area contributed by atoms with E-state index < -0.39 is 39.1 Å². The molecule has 1 amide bonds. The van der Waals surface area contributed by atoms with Gasteiger partial charge in [-0.15, -0.1) is 0 Å². The maximum Gasteiger partial charge on any atom is 0.301 e. The maximum absolute atomic E-state index is 14.9. The second-order valence-corrected chi connectivity index (χ2v) is 8.47. The minimum Gasteiger partial charge on any atom is -0.329 e. The molecule has 0 unspecified atom stereocenters. The molecule has 9 nitrogen and oxygen atoms in total. The minimum absolute atomic E-state index is 0.0349. The van der Waals surface area contributed by atoms with E-state index in [1.807, 2.05) is 0 Å². The van der Waals surface area contributed by atoms with Crippen molar-refractivity contribution in [3.05, 3.63) is 47.9 Å². The van der Waals surface area contributed by atoms with Gasteiger partial charge in [0.05, 0.1) is 17.6 Å². The molecular weight excluding hydrogens is 418 g/mol. The highest BCUT2D eigenvalue weighted by Gasteiger charge is 2.26. The van der Waals surface area contributed by atoms with Gasteiger partial charge < -0.3 is 10.3 Å². The fraction of sp³-hybridized carbons (Fsp3) is 0.278. The van der Waals surface area contributed by atoms with Crippen molar-refractivity contribution in [3.63, 3.8) is 0 Å². The van der Waals surface area contributed by atoms with E-state index >= 15 is 0 Å². The molecule has 0 bridgehead atoms. The van der Waals surface area contributed by atoms with Crippen LogP contribution < -0.4 is 10.0 Å². The first-order valence-electron chi connectivity index (χ1n) is 9.21. The van der Waals surface area contributed by atoms with Crippen LogP contribution in [0.5, 0.6) is 0 Å². The number of pyridine rings is 1. The normalized spacial score (nSPS) is 15.3. The SMILES string of the molecule is O=C(Nc1c(F)ccc(NS(=O)(=O)N2CCCCC2)c1F)c1cnc2[nH]cnc2c1. The molecule has 30 heavy (non-hydrogen) atoms. The number of amides is 1. The number of hydrogen-bond acceptors (Lipinski definition) is 5. The molecular formula is C18H18F2N6O3S. The first-order chi connectivity index (χ1) is 14.3. The third-order valence-electron chi connectivity index (χ3n) is 4.76. The molecule has 12 heteroatoms. The molecule has 1 saturated heterocycles. The number of benzene rings is 1. The molecule has 3 aromatic rings. The summed E-state index contributed by atoms with van der Waals surface area (Å²) in [6.07, 6.45) is 4.97. The van der Waals surface area contributed by atoms with Crippen LogP contribution in [0.4, 0.5) is 20.2 Å². The van der Waals surface area contributed by atoms with Crippen molar-refractivity contribution in [2.45, 2.75) is 19.3 Å². The average molecular weight is 436 g/mol. The zero-order valence-electron chi connectivity index (χ0n) is 15.7. The largest absolute Gasteiger partial charge is 0.329 e. The summed E-state index contributed by atoms with van der Waals surface area (Å²) < 4.78 is 57.4. The van der Waals surface area contributed by atoms with Crippen molar-refractivity contribution in [1.29, 1.82) is 0 Å². The Morgan fingerprint density at radius 1 is 1.13 bits per heavy atom. The summed E-state index contributed by atoms with van der Waals surface area (Å²) in [5.41, 5.74) is -0.323. The van der Waals surface area contributed by atoms with Crippen LogP contribution in [0, 0.1) is 11.6 Å². The standard InChI is InChI=1S/C18H18F2N6O3S/c19-12-4-5-13(25-30(28,29)26-6-2-1-3-7-26)15(20)16(12)24-18(27)11-8-14-17(21-9-11)23-10-22-14/h4-5,8-10,25H,1-3,6-7H2,(H,24,27)(H,21,22,23). The summed E-state index contributed by atoms with van der Waals surface area (Å²) >= 11 is 0. The first-order valence-corrected chi connectivity index (χ1v) is 10.7. The van der Waals surface area contributed by atoms with Gasteiger partial charge in [0.1, 0.15) is 17.0 Å². The Bertz CT molecular complexity index is 1210. The van der Waals surface area contributed by atoms with Gasteiger partial charge in [-0.2, -0.15) is 12.7 Å². The number of fused-ring (bicyclic) bond motifs is 1. The van der Waals surface area contributed by atoms with Gasteiger partial charge in [0, 0.05) is 19.3 Å². The van der Waals surface area contributed by atoms with Crippen molar-refractivity contribution in [2.75, 3.05) is 23.1 Å². The Morgan fingerprint density at radius 3 is 2.67 bits per heavy atom. The molecule has 1 aliphatic rings. The van der Waals surface area contributed by atoms with Gasteiger partial charge in [0.2, 0.25) is 0 Å². The number of nitrogens with one attached hydrogen (secondary N) is 3. The Balaban J connectivity index is 1.58. The number of aromatic amines is 1. The predicted molar refractivity (Wildman–Crippen MR) is 106 cm³/mol. The third-order valence-corrected chi connectivity index (χ3v) is 6.28. The quantitative estimate of drug-likeness (QED) is 0.568. The van der Waals surface area contributed by atoms with Gasteiger partial charge >= 0.3 is 10.2 Å². The van der Waals surface area contributed by atoms with Crippen LogP contribution in [0.3, 0.4) is 0 Å². The van der Waals surface area contributed by atoms with Crippen LogP contribution in [-0.4, -0.2) is 46.7 Å². The highest BCUT2D eigenvalue weighted by Crippen LogP contribution is 2.28. The van der Waals surface area contributed by atoms with Crippen LogP contribution >= 0.6 is 0 Å². The number of carbonyl (C=O) groups is 1. The predicted octanol–water partition coefficient (Wildman–Crippen LogP) is 2.63. The molecule has 1 fully saturated rings. The van der Waals surface area contributed by atoms with Crippen molar-refractivity contribution in [2.24, 2.45) is 0 Å². The lowest BCUT2D eigenvalue weighted by molar-refractivity contribution is 0.102. The van der Waals surface area contributed by atoms with Crippen molar-refractivity contribution >= 4 is 38.7 Å². The molecule has 0 saturated carbocycles. The maximum atomic E-state index is 14.9. The third kappa shape index (κ3) is 3.96. The molecule has 1 aliphatic heterocycles. The van der Waals surface area contributed by atoms with Crippen LogP contribution in [0.1, 0.15) is 29.6 Å². The number of carbonyl (C=O) groups excluding carboxylic acids is 1. The molecule has 3 heterocycles. The van der Waals surface area contributed by atoms with Gasteiger partial charge in [0.25, 0.3) is 5.91 Å². The molecule has 0 spiro atoms. The Morgan fingerprint density at radius 2 is 1.90 bits per heavy atom. The van der Waals surface area contributed by atoms with Crippen LogP contribution in [0.15, 0.2) is 30.7 Å². The van der Waals surface area contributed by atoms with Crippen molar-refractivity contribution in [1.82, 2.24) is 19.3 Å².